The van der Waals surface area contributed by atoms with Gasteiger partial charge in [-0.1, -0.05) is 0 Å². The summed E-state index contributed by atoms with van der Waals surface area (Å²) >= 11 is 0. The fourth-order valence-corrected chi connectivity index (χ4v) is 0.814. The van der Waals surface area contributed by atoms with Crippen LogP contribution < -0.4 is 0 Å². The summed E-state index contributed by atoms with van der Waals surface area (Å²) in [6, 6.07) is 0. The first-order valence-corrected chi connectivity index (χ1v) is 3.10. The van der Waals surface area contributed by atoms with Crippen molar-refractivity contribution in [2.45, 2.75) is 6.92 Å². The maximum absolute atomic E-state index is 12.6. The molecule has 0 aromatic carbocycles. The quantitative estimate of drug-likeness (QED) is 0.386. The molecule has 0 aliphatic heterocycles. The van der Waals surface area contributed by atoms with Crippen LogP contribution in [0.3, 0.4) is 0 Å². The molecular weight excluding hydrogens is 189 g/mol. The van der Waals surface area contributed by atoms with Crippen LogP contribution in [-0.4, -0.2) is 9.91 Å². The fourth-order valence-electron chi connectivity index (χ4n) is 0.814. The molecule has 0 aliphatic rings. The molecule has 0 amide bonds. The predicted molar refractivity (Wildman–Crippen MR) is 35.5 cm³/mol. The molecule has 1 aromatic heterocycles. The minimum Gasteiger partial charge on any atom is -0.258 e. The van der Waals surface area contributed by atoms with Crippen molar-refractivity contribution in [1.29, 1.82) is 0 Å². The first-order chi connectivity index (χ1) is 5.95. The Morgan fingerprint density at radius 3 is 2.31 bits per heavy atom. The van der Waals surface area contributed by atoms with E-state index in [-0.39, 0.29) is 0 Å². The maximum atomic E-state index is 12.6. The summed E-state index contributed by atoms with van der Waals surface area (Å²) in [6.45, 7) is 0.904. The number of halogens is 3. The van der Waals surface area contributed by atoms with Crippen LogP contribution in [0.2, 0.25) is 0 Å². The first kappa shape index (κ1) is 9.43. The Morgan fingerprint density at radius 2 is 1.85 bits per heavy atom. The zero-order valence-electron chi connectivity index (χ0n) is 6.34. The van der Waals surface area contributed by atoms with E-state index in [9.17, 15) is 23.3 Å². The molecule has 0 bridgehead atoms. The van der Waals surface area contributed by atoms with Crippen LogP contribution in [0.15, 0.2) is 0 Å². The molecule has 0 atom stereocenters. The van der Waals surface area contributed by atoms with Crippen LogP contribution in [-0.2, 0) is 0 Å². The molecule has 0 N–H and O–H groups in total. The number of rotatable bonds is 1. The Hall–Kier alpha value is -1.66. The standard InChI is InChI=1S/C6H3F3N2O2/c1-2-3(7)5(8)10-6(9)4(2)11(12)13/h1H3. The van der Waals surface area contributed by atoms with Gasteiger partial charge < -0.3 is 0 Å². The molecule has 0 fully saturated rings. The molecule has 13 heavy (non-hydrogen) atoms. The summed E-state index contributed by atoms with van der Waals surface area (Å²) in [5.41, 5.74) is -1.84. The molecule has 0 aliphatic carbocycles. The van der Waals surface area contributed by atoms with Crippen molar-refractivity contribution in [3.8, 4) is 0 Å². The molecule has 0 unspecified atom stereocenters. The SMILES string of the molecule is Cc1c(F)c(F)nc(F)c1[N+](=O)[O-]. The van der Waals surface area contributed by atoms with Crippen molar-refractivity contribution in [3.63, 3.8) is 0 Å². The average molecular weight is 192 g/mol. The van der Waals surface area contributed by atoms with Gasteiger partial charge in [-0.3, -0.25) is 10.1 Å². The van der Waals surface area contributed by atoms with Gasteiger partial charge in [-0.25, -0.2) is 4.39 Å². The fraction of sp³-hybridized carbons (Fsp3) is 0.167. The number of pyridine rings is 1. The second kappa shape index (κ2) is 3.00. The van der Waals surface area contributed by atoms with E-state index in [0.29, 0.717) is 0 Å². The van der Waals surface area contributed by atoms with Crippen LogP contribution in [0.4, 0.5) is 18.9 Å². The summed E-state index contributed by atoms with van der Waals surface area (Å²) < 4.78 is 37.5. The van der Waals surface area contributed by atoms with Crippen LogP contribution >= 0.6 is 0 Å². The van der Waals surface area contributed by atoms with Gasteiger partial charge in [0.25, 0.3) is 11.9 Å². The van der Waals surface area contributed by atoms with E-state index < -0.39 is 33.9 Å². The van der Waals surface area contributed by atoms with E-state index in [1.54, 1.807) is 0 Å². The number of aromatic nitrogens is 1. The zero-order valence-corrected chi connectivity index (χ0v) is 6.34. The molecular formula is C6H3F3N2O2. The van der Waals surface area contributed by atoms with Gasteiger partial charge in [-0.05, 0) is 6.92 Å². The summed E-state index contributed by atoms with van der Waals surface area (Å²) in [5, 5.41) is 10.1. The second-order valence-corrected chi connectivity index (χ2v) is 2.24. The van der Waals surface area contributed by atoms with Crippen molar-refractivity contribution < 1.29 is 18.1 Å². The van der Waals surface area contributed by atoms with Crippen molar-refractivity contribution in [3.05, 3.63) is 33.4 Å². The highest BCUT2D eigenvalue weighted by Crippen LogP contribution is 2.23. The molecule has 0 spiro atoms. The Morgan fingerprint density at radius 1 is 1.31 bits per heavy atom. The Kier molecular flexibility index (Phi) is 2.18. The highest BCUT2D eigenvalue weighted by atomic mass is 19.2. The topological polar surface area (TPSA) is 56.0 Å². The van der Waals surface area contributed by atoms with Crippen molar-refractivity contribution >= 4 is 5.69 Å². The molecule has 0 radical (unpaired) electrons. The minimum absolute atomic E-state index is 0.699. The lowest BCUT2D eigenvalue weighted by atomic mass is 10.2. The van der Waals surface area contributed by atoms with Crippen LogP contribution in [0, 0.1) is 34.8 Å². The average Bonchev–Trinajstić information content (AvgIpc) is 1.99. The third-order valence-electron chi connectivity index (χ3n) is 1.44. The van der Waals surface area contributed by atoms with Crippen LogP contribution in [0.5, 0.6) is 0 Å². The summed E-state index contributed by atoms with van der Waals surface area (Å²) in [7, 11) is 0. The lowest BCUT2D eigenvalue weighted by Crippen LogP contribution is -2.04. The van der Waals surface area contributed by atoms with Crippen LogP contribution in [0.1, 0.15) is 5.56 Å². The van der Waals surface area contributed by atoms with Gasteiger partial charge in [0.05, 0.1) is 10.5 Å². The Labute approximate surface area is 70.2 Å². The van der Waals surface area contributed by atoms with Gasteiger partial charge in [0.2, 0.25) is 0 Å². The number of hydrogen-bond donors (Lipinski definition) is 0. The smallest absolute Gasteiger partial charge is 0.258 e. The molecule has 4 nitrogen and oxygen atoms in total. The lowest BCUT2D eigenvalue weighted by Gasteiger charge is -1.99. The molecule has 0 saturated carbocycles. The summed E-state index contributed by atoms with van der Waals surface area (Å²) in [6.07, 6.45) is 0. The van der Waals surface area contributed by atoms with Gasteiger partial charge in [0.1, 0.15) is 0 Å². The molecule has 7 heteroatoms. The first-order valence-electron chi connectivity index (χ1n) is 3.10. The molecule has 70 valence electrons. The third kappa shape index (κ3) is 1.44. The highest BCUT2D eigenvalue weighted by molar-refractivity contribution is 5.38. The molecule has 1 rings (SSSR count). The summed E-state index contributed by atoms with van der Waals surface area (Å²) in [4.78, 5) is 11.4. The molecule has 1 aromatic rings. The maximum Gasteiger partial charge on any atom is 0.329 e. The molecule has 0 saturated heterocycles. The second-order valence-electron chi connectivity index (χ2n) is 2.24. The van der Waals surface area contributed by atoms with Gasteiger partial charge in [-0.15, -0.1) is 0 Å². The van der Waals surface area contributed by atoms with Gasteiger partial charge in [0.15, 0.2) is 5.82 Å². The normalized spacial score (nSPS) is 10.2. The lowest BCUT2D eigenvalue weighted by molar-refractivity contribution is -0.388. The highest BCUT2D eigenvalue weighted by Gasteiger charge is 2.25. The number of hydrogen-bond acceptors (Lipinski definition) is 3. The van der Waals surface area contributed by atoms with E-state index in [0.717, 1.165) is 6.92 Å². The van der Waals surface area contributed by atoms with Gasteiger partial charge >= 0.3 is 5.69 Å². The predicted octanol–water partition coefficient (Wildman–Crippen LogP) is 1.72. The summed E-state index contributed by atoms with van der Waals surface area (Å²) in [5.74, 6) is -4.81. The van der Waals surface area contributed by atoms with E-state index in [2.05, 4.69) is 4.98 Å². The van der Waals surface area contributed by atoms with E-state index >= 15 is 0 Å². The van der Waals surface area contributed by atoms with E-state index in [4.69, 9.17) is 0 Å². The van der Waals surface area contributed by atoms with Crippen molar-refractivity contribution in [2.75, 3.05) is 0 Å². The van der Waals surface area contributed by atoms with Crippen LogP contribution in [0.25, 0.3) is 0 Å². The van der Waals surface area contributed by atoms with E-state index in [1.165, 1.54) is 0 Å². The Balaban J connectivity index is 3.53. The Bertz CT molecular complexity index is 381. The van der Waals surface area contributed by atoms with Crippen molar-refractivity contribution in [1.82, 2.24) is 4.98 Å². The van der Waals surface area contributed by atoms with E-state index in [1.807, 2.05) is 0 Å². The molecule has 1 heterocycles. The monoisotopic (exact) mass is 192 g/mol. The van der Waals surface area contributed by atoms with Gasteiger partial charge in [0, 0.05) is 0 Å². The largest absolute Gasteiger partial charge is 0.329 e. The van der Waals surface area contributed by atoms with Crippen molar-refractivity contribution in [2.24, 2.45) is 0 Å². The number of nitrogens with zero attached hydrogens (tertiary/aromatic N) is 2. The van der Waals surface area contributed by atoms with Gasteiger partial charge in [-0.2, -0.15) is 13.8 Å². The third-order valence-corrected chi connectivity index (χ3v) is 1.44. The minimum atomic E-state index is -1.68. The number of nitro groups is 1. The zero-order chi connectivity index (χ0) is 10.2.